The van der Waals surface area contributed by atoms with E-state index in [2.05, 4.69) is 4.98 Å². The summed E-state index contributed by atoms with van der Waals surface area (Å²) in [7, 11) is 3.82. The van der Waals surface area contributed by atoms with Crippen molar-refractivity contribution in [3.8, 4) is 0 Å². The second-order valence-electron chi connectivity index (χ2n) is 3.89. The largest absolute Gasteiger partial charge is 0.363 e. The summed E-state index contributed by atoms with van der Waals surface area (Å²) >= 11 is 0. The topological polar surface area (TPSA) is 45.7 Å². The van der Waals surface area contributed by atoms with Gasteiger partial charge in [0.2, 0.25) is 0 Å². The Morgan fingerprint density at radius 1 is 1.50 bits per heavy atom. The summed E-state index contributed by atoms with van der Waals surface area (Å²) in [5, 5.41) is 1.40. The first-order valence-electron chi connectivity index (χ1n) is 5.26. The van der Waals surface area contributed by atoms with Gasteiger partial charge in [0.1, 0.15) is 5.82 Å². The molecule has 0 radical (unpaired) electrons. The van der Waals surface area contributed by atoms with E-state index >= 15 is 0 Å². The van der Waals surface area contributed by atoms with Gasteiger partial charge in [-0.3, -0.25) is 9.63 Å². The second kappa shape index (κ2) is 4.49. The van der Waals surface area contributed by atoms with Crippen LogP contribution in [0.2, 0.25) is 0 Å². The normalized spacial score (nSPS) is 15.2. The standard InChI is InChI=1S/C11H15N3O2/c1-13(2)10-5-4-9(8-12-10)11(15)14-6-3-7-16-14/h4-5,8H,3,6-7H2,1-2H3. The SMILES string of the molecule is CN(C)c1ccc(C(=O)N2CCCO2)cn1. The smallest absolute Gasteiger partial charge is 0.278 e. The van der Waals surface area contributed by atoms with Gasteiger partial charge in [-0.25, -0.2) is 10.0 Å². The van der Waals surface area contributed by atoms with E-state index < -0.39 is 0 Å². The molecule has 0 N–H and O–H groups in total. The minimum atomic E-state index is -0.115. The highest BCUT2D eigenvalue weighted by molar-refractivity contribution is 5.93. The molecule has 2 rings (SSSR count). The van der Waals surface area contributed by atoms with Crippen molar-refractivity contribution in [1.82, 2.24) is 10.0 Å². The summed E-state index contributed by atoms with van der Waals surface area (Å²) in [5.74, 6) is 0.717. The molecule has 0 atom stereocenters. The Bertz CT molecular complexity index is 369. The molecule has 0 bridgehead atoms. The van der Waals surface area contributed by atoms with Gasteiger partial charge >= 0.3 is 0 Å². The average Bonchev–Trinajstić information content (AvgIpc) is 2.81. The Balaban J connectivity index is 2.11. The number of nitrogens with zero attached hydrogens (tertiary/aromatic N) is 3. The fourth-order valence-corrected chi connectivity index (χ4v) is 1.53. The lowest BCUT2D eigenvalue weighted by Crippen LogP contribution is -2.26. The fourth-order valence-electron chi connectivity index (χ4n) is 1.53. The van der Waals surface area contributed by atoms with Gasteiger partial charge in [0, 0.05) is 20.3 Å². The van der Waals surface area contributed by atoms with E-state index in [0.717, 1.165) is 12.2 Å². The summed E-state index contributed by atoms with van der Waals surface area (Å²) in [5.41, 5.74) is 0.563. The number of pyridine rings is 1. The van der Waals surface area contributed by atoms with Crippen molar-refractivity contribution in [3.63, 3.8) is 0 Å². The Morgan fingerprint density at radius 3 is 2.81 bits per heavy atom. The number of hydroxylamine groups is 2. The zero-order valence-electron chi connectivity index (χ0n) is 9.51. The molecular weight excluding hydrogens is 206 g/mol. The summed E-state index contributed by atoms with van der Waals surface area (Å²) in [6.45, 7) is 1.28. The Hall–Kier alpha value is -1.62. The van der Waals surface area contributed by atoms with Gasteiger partial charge in [0.15, 0.2) is 0 Å². The number of anilines is 1. The van der Waals surface area contributed by atoms with E-state index in [1.807, 2.05) is 25.1 Å². The molecule has 1 amide bonds. The van der Waals surface area contributed by atoms with Crippen molar-refractivity contribution in [2.75, 3.05) is 32.1 Å². The summed E-state index contributed by atoms with van der Waals surface area (Å²) in [6, 6.07) is 3.59. The number of carbonyl (C=O) groups is 1. The molecule has 0 spiro atoms. The van der Waals surface area contributed by atoms with Crippen molar-refractivity contribution < 1.29 is 9.63 Å². The lowest BCUT2D eigenvalue weighted by Gasteiger charge is -2.15. The van der Waals surface area contributed by atoms with Crippen LogP contribution in [0.5, 0.6) is 0 Å². The monoisotopic (exact) mass is 221 g/mol. The molecule has 1 saturated heterocycles. The third-order valence-corrected chi connectivity index (χ3v) is 2.43. The van der Waals surface area contributed by atoms with Crippen molar-refractivity contribution in [2.45, 2.75) is 6.42 Å². The molecule has 0 aromatic carbocycles. The minimum Gasteiger partial charge on any atom is -0.363 e. The Kier molecular flexibility index (Phi) is 3.05. The van der Waals surface area contributed by atoms with Crippen molar-refractivity contribution >= 4 is 11.7 Å². The maximum absolute atomic E-state index is 11.9. The van der Waals surface area contributed by atoms with Crippen LogP contribution in [-0.4, -0.2) is 43.2 Å². The Labute approximate surface area is 94.6 Å². The highest BCUT2D eigenvalue weighted by atomic mass is 16.7. The highest BCUT2D eigenvalue weighted by Crippen LogP contribution is 2.13. The molecule has 1 aliphatic rings. The molecule has 0 saturated carbocycles. The molecule has 2 heterocycles. The third kappa shape index (κ3) is 2.14. The van der Waals surface area contributed by atoms with E-state index in [1.54, 1.807) is 12.3 Å². The van der Waals surface area contributed by atoms with Gasteiger partial charge in [-0.1, -0.05) is 0 Å². The lowest BCUT2D eigenvalue weighted by molar-refractivity contribution is -0.0768. The molecule has 1 aliphatic heterocycles. The van der Waals surface area contributed by atoms with Crippen LogP contribution in [0.1, 0.15) is 16.8 Å². The highest BCUT2D eigenvalue weighted by Gasteiger charge is 2.20. The first kappa shape index (κ1) is 10.9. The van der Waals surface area contributed by atoms with E-state index in [4.69, 9.17) is 4.84 Å². The molecule has 1 aromatic rings. The van der Waals surface area contributed by atoms with Crippen LogP contribution in [0.3, 0.4) is 0 Å². The first-order chi connectivity index (χ1) is 7.68. The summed E-state index contributed by atoms with van der Waals surface area (Å²) < 4.78 is 0. The van der Waals surface area contributed by atoms with Crippen molar-refractivity contribution in [2.24, 2.45) is 0 Å². The third-order valence-electron chi connectivity index (χ3n) is 2.43. The van der Waals surface area contributed by atoms with Crippen LogP contribution in [-0.2, 0) is 4.84 Å². The van der Waals surface area contributed by atoms with Crippen LogP contribution in [0.25, 0.3) is 0 Å². The molecule has 1 aromatic heterocycles. The maximum atomic E-state index is 11.9. The molecule has 0 unspecified atom stereocenters. The van der Waals surface area contributed by atoms with Crippen molar-refractivity contribution in [3.05, 3.63) is 23.9 Å². The molecule has 0 aliphatic carbocycles. The van der Waals surface area contributed by atoms with Crippen LogP contribution in [0, 0.1) is 0 Å². The Morgan fingerprint density at radius 2 is 2.31 bits per heavy atom. The molecule has 86 valence electrons. The predicted octanol–water partition coefficient (Wildman–Crippen LogP) is 0.925. The van der Waals surface area contributed by atoms with Crippen LogP contribution < -0.4 is 4.90 Å². The van der Waals surface area contributed by atoms with E-state index in [9.17, 15) is 4.79 Å². The molecule has 1 fully saturated rings. The number of carbonyl (C=O) groups excluding carboxylic acids is 1. The number of hydrogen-bond donors (Lipinski definition) is 0. The van der Waals surface area contributed by atoms with Crippen LogP contribution in [0.15, 0.2) is 18.3 Å². The van der Waals surface area contributed by atoms with Gasteiger partial charge in [-0.05, 0) is 18.6 Å². The number of hydrogen-bond acceptors (Lipinski definition) is 4. The molecule has 16 heavy (non-hydrogen) atoms. The van der Waals surface area contributed by atoms with Gasteiger partial charge in [0.05, 0.1) is 18.7 Å². The summed E-state index contributed by atoms with van der Waals surface area (Å²) in [4.78, 5) is 23.2. The molecule has 5 nitrogen and oxygen atoms in total. The second-order valence-corrected chi connectivity index (χ2v) is 3.89. The minimum absolute atomic E-state index is 0.115. The average molecular weight is 221 g/mol. The fraction of sp³-hybridized carbons (Fsp3) is 0.455. The first-order valence-corrected chi connectivity index (χ1v) is 5.26. The predicted molar refractivity (Wildman–Crippen MR) is 60.2 cm³/mol. The van der Waals surface area contributed by atoms with Gasteiger partial charge in [0.25, 0.3) is 5.91 Å². The quantitative estimate of drug-likeness (QED) is 0.745. The lowest BCUT2D eigenvalue weighted by atomic mass is 10.2. The number of amides is 1. The van der Waals surface area contributed by atoms with Gasteiger partial charge in [-0.2, -0.15) is 0 Å². The molecule has 5 heteroatoms. The summed E-state index contributed by atoms with van der Waals surface area (Å²) in [6.07, 6.45) is 2.48. The zero-order chi connectivity index (χ0) is 11.5. The zero-order valence-corrected chi connectivity index (χ0v) is 9.51. The van der Waals surface area contributed by atoms with E-state index in [1.165, 1.54) is 5.06 Å². The number of rotatable bonds is 2. The molecular formula is C11H15N3O2. The van der Waals surface area contributed by atoms with E-state index in [-0.39, 0.29) is 5.91 Å². The maximum Gasteiger partial charge on any atom is 0.278 e. The van der Waals surface area contributed by atoms with Gasteiger partial charge in [-0.15, -0.1) is 0 Å². The van der Waals surface area contributed by atoms with E-state index in [0.29, 0.717) is 18.7 Å². The van der Waals surface area contributed by atoms with Crippen LogP contribution in [0.4, 0.5) is 5.82 Å². The number of aromatic nitrogens is 1. The van der Waals surface area contributed by atoms with Crippen LogP contribution >= 0.6 is 0 Å². The van der Waals surface area contributed by atoms with Gasteiger partial charge < -0.3 is 4.90 Å². The van der Waals surface area contributed by atoms with Crippen molar-refractivity contribution in [1.29, 1.82) is 0 Å².